The minimum absolute atomic E-state index is 0.0369. The molecule has 2 heterocycles. The zero-order chi connectivity index (χ0) is 13.6. The van der Waals surface area contributed by atoms with Gasteiger partial charge in [0, 0.05) is 18.5 Å². The lowest BCUT2D eigenvalue weighted by molar-refractivity contribution is -0.142. The number of hydrogen-bond donors (Lipinski definition) is 1. The summed E-state index contributed by atoms with van der Waals surface area (Å²) in [4.78, 5) is 13.6. The number of fused-ring (bicyclic) bond motifs is 1. The summed E-state index contributed by atoms with van der Waals surface area (Å²) in [6, 6.07) is 3.24. The third-order valence-electron chi connectivity index (χ3n) is 4.34. The Morgan fingerprint density at radius 2 is 2.16 bits per heavy atom. The zero-order valence-electron chi connectivity index (χ0n) is 10.4. The molecule has 3 atom stereocenters. The van der Waals surface area contributed by atoms with Crippen molar-refractivity contribution in [1.29, 1.82) is 0 Å². The summed E-state index contributed by atoms with van der Waals surface area (Å²) in [6.45, 7) is 1.35. The van der Waals surface area contributed by atoms with Gasteiger partial charge in [-0.3, -0.25) is 9.69 Å². The molecule has 0 amide bonds. The SMILES string of the molecule is O=C(O)C1C(c2cc(F)ccc2F)CN2CCCC12. The summed E-state index contributed by atoms with van der Waals surface area (Å²) in [5, 5.41) is 9.41. The van der Waals surface area contributed by atoms with Crippen LogP contribution in [0, 0.1) is 17.6 Å². The first-order valence-corrected chi connectivity index (χ1v) is 6.49. The number of halogens is 2. The van der Waals surface area contributed by atoms with Crippen LogP contribution in [-0.2, 0) is 4.79 Å². The van der Waals surface area contributed by atoms with Gasteiger partial charge in [0.15, 0.2) is 0 Å². The average Bonchev–Trinajstić information content (AvgIpc) is 2.91. The van der Waals surface area contributed by atoms with Crippen LogP contribution in [0.4, 0.5) is 8.78 Å². The molecule has 3 rings (SSSR count). The molecule has 3 nitrogen and oxygen atoms in total. The third kappa shape index (κ3) is 2.02. The lowest BCUT2D eigenvalue weighted by Gasteiger charge is -2.19. The normalized spacial score (nSPS) is 30.5. The molecule has 0 bridgehead atoms. The van der Waals surface area contributed by atoms with Crippen molar-refractivity contribution in [3.05, 3.63) is 35.4 Å². The predicted molar refractivity (Wildman–Crippen MR) is 64.8 cm³/mol. The Kier molecular flexibility index (Phi) is 3.01. The first-order chi connectivity index (χ1) is 9.08. The summed E-state index contributed by atoms with van der Waals surface area (Å²) >= 11 is 0. The highest BCUT2D eigenvalue weighted by Gasteiger charge is 2.48. The highest BCUT2D eigenvalue weighted by Crippen LogP contribution is 2.43. The standard InChI is InChI=1S/C14H15F2NO2/c15-8-3-4-11(16)9(6-8)10-7-17-5-1-2-12(17)13(10)14(18)19/h3-4,6,10,12-13H,1-2,5,7H2,(H,18,19). The van der Waals surface area contributed by atoms with Gasteiger partial charge in [-0.2, -0.15) is 0 Å². The van der Waals surface area contributed by atoms with Crippen molar-refractivity contribution in [2.75, 3.05) is 13.1 Å². The lowest BCUT2D eigenvalue weighted by Crippen LogP contribution is -2.30. The predicted octanol–water partition coefficient (Wildman–Crippen LogP) is 2.23. The third-order valence-corrected chi connectivity index (χ3v) is 4.34. The van der Waals surface area contributed by atoms with Gasteiger partial charge in [-0.1, -0.05) is 0 Å². The summed E-state index contributed by atoms with van der Waals surface area (Å²) < 4.78 is 27.1. The average molecular weight is 267 g/mol. The number of benzene rings is 1. The van der Waals surface area contributed by atoms with Crippen LogP contribution in [0.2, 0.25) is 0 Å². The summed E-state index contributed by atoms with van der Waals surface area (Å²) in [5.41, 5.74) is 0.196. The molecule has 2 aliphatic rings. The van der Waals surface area contributed by atoms with Crippen LogP contribution in [0.3, 0.4) is 0 Å². The van der Waals surface area contributed by atoms with Gasteiger partial charge in [0.05, 0.1) is 5.92 Å². The smallest absolute Gasteiger partial charge is 0.308 e. The van der Waals surface area contributed by atoms with Crippen LogP contribution in [-0.4, -0.2) is 35.1 Å². The maximum absolute atomic E-state index is 13.9. The van der Waals surface area contributed by atoms with E-state index in [9.17, 15) is 18.7 Å². The fourth-order valence-corrected chi connectivity index (χ4v) is 3.55. The maximum atomic E-state index is 13.9. The van der Waals surface area contributed by atoms with Gasteiger partial charge >= 0.3 is 5.97 Å². The largest absolute Gasteiger partial charge is 0.481 e. The second kappa shape index (κ2) is 4.56. The van der Waals surface area contributed by atoms with Crippen LogP contribution >= 0.6 is 0 Å². The first kappa shape index (κ1) is 12.5. The Hall–Kier alpha value is -1.49. The van der Waals surface area contributed by atoms with Crippen LogP contribution < -0.4 is 0 Å². The molecule has 102 valence electrons. The van der Waals surface area contributed by atoms with E-state index in [0.29, 0.717) is 6.54 Å². The van der Waals surface area contributed by atoms with Crippen LogP contribution in [0.15, 0.2) is 18.2 Å². The molecule has 5 heteroatoms. The van der Waals surface area contributed by atoms with Crippen molar-refractivity contribution in [2.45, 2.75) is 24.8 Å². The number of nitrogens with zero attached hydrogens (tertiary/aromatic N) is 1. The summed E-state index contributed by atoms with van der Waals surface area (Å²) in [5.74, 6) is -3.05. The topological polar surface area (TPSA) is 40.5 Å². The van der Waals surface area contributed by atoms with Crippen molar-refractivity contribution in [3.8, 4) is 0 Å². The molecule has 0 aliphatic carbocycles. The highest BCUT2D eigenvalue weighted by molar-refractivity contribution is 5.73. The molecule has 0 aromatic heterocycles. The lowest BCUT2D eigenvalue weighted by atomic mass is 9.84. The van der Waals surface area contributed by atoms with Gasteiger partial charge in [0.2, 0.25) is 0 Å². The van der Waals surface area contributed by atoms with Gasteiger partial charge in [-0.15, -0.1) is 0 Å². The van der Waals surface area contributed by atoms with Crippen molar-refractivity contribution in [1.82, 2.24) is 4.90 Å². The van der Waals surface area contributed by atoms with Crippen molar-refractivity contribution >= 4 is 5.97 Å². The van der Waals surface area contributed by atoms with Crippen LogP contribution in [0.1, 0.15) is 24.3 Å². The molecule has 19 heavy (non-hydrogen) atoms. The second-order valence-corrected chi connectivity index (χ2v) is 5.34. The number of carboxylic acid groups (broad SMARTS) is 1. The molecular weight excluding hydrogens is 252 g/mol. The molecule has 1 aromatic carbocycles. The Labute approximate surface area is 109 Å². The van der Waals surface area contributed by atoms with Crippen molar-refractivity contribution in [2.24, 2.45) is 5.92 Å². The molecule has 1 aromatic rings. The fraction of sp³-hybridized carbons (Fsp3) is 0.500. The van der Waals surface area contributed by atoms with E-state index < -0.39 is 29.4 Å². The van der Waals surface area contributed by atoms with E-state index in [4.69, 9.17) is 0 Å². The minimum atomic E-state index is -0.914. The molecular formula is C14H15F2NO2. The van der Waals surface area contributed by atoms with E-state index in [0.717, 1.165) is 37.6 Å². The Morgan fingerprint density at radius 1 is 1.37 bits per heavy atom. The monoisotopic (exact) mass is 267 g/mol. The second-order valence-electron chi connectivity index (χ2n) is 5.34. The molecule has 0 spiro atoms. The molecule has 2 aliphatic heterocycles. The van der Waals surface area contributed by atoms with Gasteiger partial charge in [-0.25, -0.2) is 8.78 Å². The van der Waals surface area contributed by atoms with Gasteiger partial charge < -0.3 is 5.11 Å². The molecule has 0 radical (unpaired) electrons. The van der Waals surface area contributed by atoms with Crippen molar-refractivity contribution in [3.63, 3.8) is 0 Å². The van der Waals surface area contributed by atoms with Gasteiger partial charge in [-0.05, 0) is 43.1 Å². The fourth-order valence-electron chi connectivity index (χ4n) is 3.55. The van der Waals surface area contributed by atoms with E-state index in [2.05, 4.69) is 4.90 Å². The Bertz CT molecular complexity index is 520. The Morgan fingerprint density at radius 3 is 2.89 bits per heavy atom. The minimum Gasteiger partial charge on any atom is -0.481 e. The van der Waals surface area contributed by atoms with E-state index in [1.165, 1.54) is 0 Å². The number of hydrogen-bond acceptors (Lipinski definition) is 2. The molecule has 2 saturated heterocycles. The van der Waals surface area contributed by atoms with E-state index in [-0.39, 0.29) is 11.6 Å². The number of rotatable bonds is 2. The molecule has 1 N–H and O–H groups in total. The van der Waals surface area contributed by atoms with Gasteiger partial charge in [0.1, 0.15) is 11.6 Å². The molecule has 3 unspecified atom stereocenters. The first-order valence-electron chi connectivity index (χ1n) is 6.49. The Balaban J connectivity index is 1.99. The molecule has 0 saturated carbocycles. The van der Waals surface area contributed by atoms with Crippen LogP contribution in [0.5, 0.6) is 0 Å². The number of carboxylic acids is 1. The maximum Gasteiger partial charge on any atom is 0.308 e. The van der Waals surface area contributed by atoms with Gasteiger partial charge in [0.25, 0.3) is 0 Å². The highest BCUT2D eigenvalue weighted by atomic mass is 19.1. The van der Waals surface area contributed by atoms with Crippen molar-refractivity contribution < 1.29 is 18.7 Å². The number of aliphatic carboxylic acids is 1. The summed E-state index contributed by atoms with van der Waals surface area (Å²) in [6.07, 6.45) is 1.80. The van der Waals surface area contributed by atoms with E-state index in [1.807, 2.05) is 0 Å². The number of carbonyl (C=O) groups is 1. The van der Waals surface area contributed by atoms with Crippen LogP contribution in [0.25, 0.3) is 0 Å². The van der Waals surface area contributed by atoms with E-state index in [1.54, 1.807) is 0 Å². The quantitative estimate of drug-likeness (QED) is 0.893. The van der Waals surface area contributed by atoms with E-state index >= 15 is 0 Å². The summed E-state index contributed by atoms with van der Waals surface area (Å²) in [7, 11) is 0. The zero-order valence-corrected chi connectivity index (χ0v) is 10.4. The molecule has 2 fully saturated rings.